The van der Waals surface area contributed by atoms with Crippen molar-refractivity contribution in [1.29, 1.82) is 0 Å². The number of hydrogen-bond acceptors (Lipinski definition) is 3. The average Bonchev–Trinajstić information content (AvgIpc) is 2.60. The zero-order valence-corrected chi connectivity index (χ0v) is 10.5. The van der Waals surface area contributed by atoms with Crippen molar-refractivity contribution in [2.24, 2.45) is 0 Å². The highest BCUT2D eigenvalue weighted by atomic mass is 79.9. The number of nitrogens with zero attached hydrogens (tertiary/aromatic N) is 3. The number of benzene rings is 1. The molecule has 0 bridgehead atoms. The second kappa shape index (κ2) is 4.73. The van der Waals surface area contributed by atoms with Crippen LogP contribution < -0.4 is 5.69 Å². The highest BCUT2D eigenvalue weighted by Gasteiger charge is 2.12. The SMILES string of the molecule is O=C(O)Cn1ncn(-c2ccc(Br)cc2F)c1=O. The van der Waals surface area contributed by atoms with Crippen LogP contribution in [-0.2, 0) is 11.3 Å². The predicted octanol–water partition coefficient (Wildman–Crippen LogP) is 1.02. The molecule has 0 aliphatic carbocycles. The van der Waals surface area contributed by atoms with Gasteiger partial charge in [0.1, 0.15) is 18.7 Å². The average molecular weight is 316 g/mol. The van der Waals surface area contributed by atoms with Crippen molar-refractivity contribution >= 4 is 21.9 Å². The van der Waals surface area contributed by atoms with Crippen LogP contribution >= 0.6 is 15.9 Å². The molecule has 8 heteroatoms. The lowest BCUT2D eigenvalue weighted by molar-refractivity contribution is -0.137. The molecular formula is C10H7BrFN3O3. The molecular weight excluding hydrogens is 309 g/mol. The molecule has 0 saturated carbocycles. The van der Waals surface area contributed by atoms with Gasteiger partial charge in [0, 0.05) is 4.47 Å². The van der Waals surface area contributed by atoms with E-state index in [0.29, 0.717) is 4.47 Å². The summed E-state index contributed by atoms with van der Waals surface area (Å²) in [5, 5.41) is 12.2. The Kier molecular flexibility index (Phi) is 3.28. The zero-order chi connectivity index (χ0) is 13.3. The Hall–Kier alpha value is -1.96. The maximum Gasteiger partial charge on any atom is 0.351 e. The topological polar surface area (TPSA) is 77.1 Å². The van der Waals surface area contributed by atoms with Gasteiger partial charge in [-0.3, -0.25) is 4.79 Å². The minimum absolute atomic E-state index is 0.0137. The number of halogens is 2. The summed E-state index contributed by atoms with van der Waals surface area (Å²) >= 11 is 3.10. The predicted molar refractivity (Wildman–Crippen MR) is 63.1 cm³/mol. The fourth-order valence-corrected chi connectivity index (χ4v) is 1.75. The molecule has 6 nitrogen and oxygen atoms in total. The van der Waals surface area contributed by atoms with Crippen LogP contribution in [0, 0.1) is 5.82 Å². The third kappa shape index (κ3) is 2.33. The van der Waals surface area contributed by atoms with Crippen molar-refractivity contribution in [3.8, 4) is 5.69 Å². The van der Waals surface area contributed by atoms with Crippen LogP contribution in [0.5, 0.6) is 0 Å². The molecule has 1 aromatic heterocycles. The van der Waals surface area contributed by atoms with Crippen LogP contribution in [0.2, 0.25) is 0 Å². The van der Waals surface area contributed by atoms with Gasteiger partial charge in [0.2, 0.25) is 0 Å². The van der Waals surface area contributed by atoms with Gasteiger partial charge in [0.25, 0.3) is 0 Å². The van der Waals surface area contributed by atoms with E-state index in [9.17, 15) is 14.0 Å². The van der Waals surface area contributed by atoms with Crippen molar-refractivity contribution in [2.45, 2.75) is 6.54 Å². The van der Waals surface area contributed by atoms with E-state index in [1.807, 2.05) is 0 Å². The molecule has 0 fully saturated rings. The molecule has 18 heavy (non-hydrogen) atoms. The van der Waals surface area contributed by atoms with E-state index in [1.54, 1.807) is 6.07 Å². The summed E-state index contributed by atoms with van der Waals surface area (Å²) in [6, 6.07) is 4.17. The number of carboxylic acids is 1. The third-order valence-corrected chi connectivity index (χ3v) is 2.68. The van der Waals surface area contributed by atoms with Crippen LogP contribution in [-0.4, -0.2) is 25.4 Å². The van der Waals surface area contributed by atoms with E-state index in [4.69, 9.17) is 5.11 Å². The fraction of sp³-hybridized carbons (Fsp3) is 0.100. The molecule has 94 valence electrons. The summed E-state index contributed by atoms with van der Waals surface area (Å²) in [6.45, 7) is -0.565. The summed E-state index contributed by atoms with van der Waals surface area (Å²) in [5.41, 5.74) is -0.696. The quantitative estimate of drug-likeness (QED) is 0.917. The number of carbonyl (C=O) groups is 1. The summed E-state index contributed by atoms with van der Waals surface area (Å²) in [7, 11) is 0. The van der Waals surface area contributed by atoms with Crippen molar-refractivity contribution in [2.75, 3.05) is 0 Å². The Bertz CT molecular complexity index is 665. The van der Waals surface area contributed by atoms with E-state index >= 15 is 0 Å². The van der Waals surface area contributed by atoms with Crippen LogP contribution in [0.1, 0.15) is 0 Å². The van der Waals surface area contributed by atoms with Gasteiger partial charge in [-0.05, 0) is 18.2 Å². The molecule has 0 unspecified atom stereocenters. The molecule has 1 aromatic carbocycles. The number of aromatic nitrogens is 3. The number of aliphatic carboxylic acids is 1. The maximum absolute atomic E-state index is 13.6. The molecule has 0 saturated heterocycles. The molecule has 0 aliphatic rings. The second-order valence-corrected chi connectivity index (χ2v) is 4.35. The molecule has 0 radical (unpaired) electrons. The lowest BCUT2D eigenvalue weighted by Gasteiger charge is -2.02. The van der Waals surface area contributed by atoms with Gasteiger partial charge in [-0.1, -0.05) is 15.9 Å². The fourth-order valence-electron chi connectivity index (χ4n) is 1.42. The first-order valence-corrected chi connectivity index (χ1v) is 5.60. The van der Waals surface area contributed by atoms with E-state index in [1.165, 1.54) is 12.1 Å². The van der Waals surface area contributed by atoms with E-state index < -0.39 is 24.0 Å². The van der Waals surface area contributed by atoms with E-state index in [-0.39, 0.29) is 5.69 Å². The Morgan fingerprint density at radius 3 is 2.83 bits per heavy atom. The summed E-state index contributed by atoms with van der Waals surface area (Å²) in [4.78, 5) is 22.3. The number of carboxylic acid groups (broad SMARTS) is 1. The highest BCUT2D eigenvalue weighted by molar-refractivity contribution is 9.10. The van der Waals surface area contributed by atoms with Gasteiger partial charge in [0.15, 0.2) is 0 Å². The van der Waals surface area contributed by atoms with E-state index in [0.717, 1.165) is 15.6 Å². The second-order valence-electron chi connectivity index (χ2n) is 3.43. The van der Waals surface area contributed by atoms with Gasteiger partial charge in [0.05, 0.1) is 5.69 Å². The maximum atomic E-state index is 13.6. The van der Waals surface area contributed by atoms with Crippen molar-refractivity contribution in [3.63, 3.8) is 0 Å². The Morgan fingerprint density at radius 2 is 2.22 bits per heavy atom. The minimum Gasteiger partial charge on any atom is -0.480 e. The van der Waals surface area contributed by atoms with Gasteiger partial charge < -0.3 is 5.11 Å². The van der Waals surface area contributed by atoms with Gasteiger partial charge >= 0.3 is 11.7 Å². The third-order valence-electron chi connectivity index (χ3n) is 2.19. The zero-order valence-electron chi connectivity index (χ0n) is 8.88. The standard InChI is InChI=1S/C10H7BrFN3O3/c11-6-1-2-8(7(12)3-6)14-5-13-15(10(14)18)4-9(16)17/h1-3,5H,4H2,(H,16,17). The van der Waals surface area contributed by atoms with Gasteiger partial charge in [-0.25, -0.2) is 18.4 Å². The molecule has 0 amide bonds. The lowest BCUT2D eigenvalue weighted by Crippen LogP contribution is -2.27. The van der Waals surface area contributed by atoms with Crippen molar-refractivity contribution < 1.29 is 14.3 Å². The van der Waals surface area contributed by atoms with E-state index in [2.05, 4.69) is 21.0 Å². The highest BCUT2D eigenvalue weighted by Crippen LogP contribution is 2.17. The molecule has 0 atom stereocenters. The van der Waals surface area contributed by atoms with Crippen LogP contribution in [0.4, 0.5) is 4.39 Å². The minimum atomic E-state index is -1.20. The molecule has 0 aliphatic heterocycles. The smallest absolute Gasteiger partial charge is 0.351 e. The van der Waals surface area contributed by atoms with Gasteiger partial charge in [-0.2, -0.15) is 5.10 Å². The van der Waals surface area contributed by atoms with Crippen LogP contribution in [0.25, 0.3) is 5.69 Å². The molecule has 1 N–H and O–H groups in total. The van der Waals surface area contributed by atoms with Crippen LogP contribution in [0.15, 0.2) is 33.8 Å². The molecule has 2 aromatic rings. The summed E-state index contributed by atoms with van der Waals surface area (Å²) < 4.78 is 15.9. The van der Waals surface area contributed by atoms with Crippen molar-refractivity contribution in [1.82, 2.24) is 14.3 Å². The van der Waals surface area contributed by atoms with Crippen LogP contribution in [0.3, 0.4) is 0 Å². The molecule has 1 heterocycles. The van der Waals surface area contributed by atoms with Crippen molar-refractivity contribution in [3.05, 3.63) is 45.3 Å². The monoisotopic (exact) mass is 315 g/mol. The summed E-state index contributed by atoms with van der Waals surface area (Å²) in [5.74, 6) is -1.81. The first-order chi connectivity index (χ1) is 8.49. The van der Waals surface area contributed by atoms with Gasteiger partial charge in [-0.15, -0.1) is 0 Å². The Labute approximate surface area is 108 Å². The first-order valence-electron chi connectivity index (χ1n) is 4.80. The normalized spacial score (nSPS) is 10.6. The number of rotatable bonds is 3. The number of hydrogen-bond donors (Lipinski definition) is 1. The summed E-state index contributed by atoms with van der Waals surface area (Å²) in [6.07, 6.45) is 1.08. The molecule has 0 spiro atoms. The lowest BCUT2D eigenvalue weighted by atomic mass is 10.3. The first kappa shape index (κ1) is 12.5. The largest absolute Gasteiger partial charge is 0.480 e. The Balaban J connectivity index is 2.49. The Morgan fingerprint density at radius 1 is 1.50 bits per heavy atom. The molecule has 2 rings (SSSR count).